The fourth-order valence-electron chi connectivity index (χ4n) is 2.39. The van der Waals surface area contributed by atoms with E-state index in [-0.39, 0.29) is 11.9 Å². The van der Waals surface area contributed by atoms with E-state index in [1.54, 1.807) is 7.05 Å². The van der Waals surface area contributed by atoms with Crippen molar-refractivity contribution in [3.8, 4) is 0 Å². The van der Waals surface area contributed by atoms with Crippen molar-refractivity contribution in [2.24, 2.45) is 16.6 Å². The molecule has 0 aromatic carbocycles. The summed E-state index contributed by atoms with van der Waals surface area (Å²) in [4.78, 5) is 15.8. The largest absolute Gasteiger partial charge is 0.352 e. The van der Waals surface area contributed by atoms with E-state index >= 15 is 0 Å². The van der Waals surface area contributed by atoms with Crippen molar-refractivity contribution in [2.45, 2.75) is 51.1 Å². The van der Waals surface area contributed by atoms with Gasteiger partial charge in [0.25, 0.3) is 0 Å². The van der Waals surface area contributed by atoms with E-state index < -0.39 is 6.04 Å². The zero-order valence-electron chi connectivity index (χ0n) is 12.0. The molecule has 1 fully saturated rings. The molecule has 0 aliphatic heterocycles. The molecule has 1 amide bonds. The van der Waals surface area contributed by atoms with Gasteiger partial charge in [0.1, 0.15) is 0 Å². The monoisotopic (exact) mass is 266 g/mol. The highest BCUT2D eigenvalue weighted by atomic mass is 16.2. The molecule has 0 spiro atoms. The minimum absolute atomic E-state index is 0.0878. The summed E-state index contributed by atoms with van der Waals surface area (Å²) in [6.07, 6.45) is 6.64. The van der Waals surface area contributed by atoms with E-state index in [1.165, 1.54) is 25.6 Å². The van der Waals surface area contributed by atoms with Crippen LogP contribution in [0.1, 0.15) is 39.0 Å². The van der Waals surface area contributed by atoms with Crippen molar-refractivity contribution in [3.05, 3.63) is 12.3 Å². The maximum Gasteiger partial charge on any atom is 0.237 e. The Labute approximate surface area is 115 Å². The van der Waals surface area contributed by atoms with Crippen molar-refractivity contribution in [1.82, 2.24) is 10.6 Å². The molecule has 19 heavy (non-hydrogen) atoms. The van der Waals surface area contributed by atoms with Gasteiger partial charge in [0.2, 0.25) is 5.91 Å². The summed E-state index contributed by atoms with van der Waals surface area (Å²) >= 11 is 0. The van der Waals surface area contributed by atoms with Crippen LogP contribution in [0, 0.1) is 5.92 Å². The van der Waals surface area contributed by atoms with Crippen LogP contribution < -0.4 is 16.4 Å². The lowest BCUT2D eigenvalue weighted by molar-refractivity contribution is -0.123. The average molecular weight is 266 g/mol. The van der Waals surface area contributed by atoms with Gasteiger partial charge in [-0.15, -0.1) is 0 Å². The van der Waals surface area contributed by atoms with Gasteiger partial charge >= 0.3 is 0 Å². The maximum atomic E-state index is 12.0. The third-order valence-corrected chi connectivity index (χ3v) is 3.64. The fourth-order valence-corrected chi connectivity index (χ4v) is 2.39. The normalized spacial score (nSPS) is 25.0. The van der Waals surface area contributed by atoms with Crippen LogP contribution in [-0.4, -0.2) is 31.4 Å². The summed E-state index contributed by atoms with van der Waals surface area (Å²) in [5.74, 6) is 0.452. The highest BCUT2D eigenvalue weighted by molar-refractivity contribution is 5.82. The number of carbonyl (C=O) groups excluding carboxylic acids is 1. The second-order valence-corrected chi connectivity index (χ2v) is 5.32. The molecule has 1 aliphatic rings. The highest BCUT2D eigenvalue weighted by Gasteiger charge is 2.25. The van der Waals surface area contributed by atoms with E-state index in [0.717, 1.165) is 6.42 Å². The summed E-state index contributed by atoms with van der Waals surface area (Å²) < 4.78 is 0. The Balaban J connectivity index is 2.37. The van der Waals surface area contributed by atoms with Crippen LogP contribution in [-0.2, 0) is 4.79 Å². The van der Waals surface area contributed by atoms with Crippen molar-refractivity contribution < 1.29 is 4.79 Å². The standard InChI is InChI=1S/C14H26N4O/c1-10-6-4-5-7-13(10)18-14(19)12(15)8-11(2)17-9-16-3/h9-10,12-13H,2,4-8,15H2,1,3H3,(H,16,17)(H,18,19). The molecule has 0 aromatic heterocycles. The second-order valence-electron chi connectivity index (χ2n) is 5.32. The highest BCUT2D eigenvalue weighted by Crippen LogP contribution is 2.23. The summed E-state index contributed by atoms with van der Waals surface area (Å²) in [6, 6.07) is -0.287. The van der Waals surface area contributed by atoms with E-state index in [4.69, 9.17) is 5.73 Å². The van der Waals surface area contributed by atoms with E-state index in [0.29, 0.717) is 18.0 Å². The molecule has 5 nitrogen and oxygen atoms in total. The van der Waals surface area contributed by atoms with Gasteiger partial charge in [-0.3, -0.25) is 9.79 Å². The van der Waals surface area contributed by atoms with Gasteiger partial charge < -0.3 is 16.4 Å². The molecule has 0 radical (unpaired) electrons. The number of nitrogens with two attached hydrogens (primary N) is 1. The van der Waals surface area contributed by atoms with E-state index in [9.17, 15) is 4.79 Å². The van der Waals surface area contributed by atoms with Crippen LogP contribution in [0.4, 0.5) is 0 Å². The first-order valence-electron chi connectivity index (χ1n) is 6.95. The molecular formula is C14H26N4O. The van der Waals surface area contributed by atoms with Crippen LogP contribution in [0.5, 0.6) is 0 Å². The molecule has 1 saturated carbocycles. The van der Waals surface area contributed by atoms with Crippen LogP contribution in [0.3, 0.4) is 0 Å². The smallest absolute Gasteiger partial charge is 0.237 e. The van der Waals surface area contributed by atoms with Gasteiger partial charge in [0, 0.05) is 25.2 Å². The lowest BCUT2D eigenvalue weighted by Crippen LogP contribution is -2.48. The van der Waals surface area contributed by atoms with Crippen molar-refractivity contribution >= 4 is 12.2 Å². The van der Waals surface area contributed by atoms with Crippen LogP contribution >= 0.6 is 0 Å². The number of aliphatic imine (C=N–C) groups is 1. The summed E-state index contributed by atoms with van der Waals surface area (Å²) in [5.41, 5.74) is 6.59. The molecule has 0 saturated heterocycles. The first-order valence-corrected chi connectivity index (χ1v) is 6.95. The Morgan fingerprint density at radius 1 is 1.53 bits per heavy atom. The molecule has 1 rings (SSSR count). The second kappa shape index (κ2) is 7.94. The van der Waals surface area contributed by atoms with E-state index in [2.05, 4.69) is 29.1 Å². The number of amides is 1. The van der Waals surface area contributed by atoms with Crippen LogP contribution in [0.15, 0.2) is 17.3 Å². The van der Waals surface area contributed by atoms with Crippen molar-refractivity contribution in [1.29, 1.82) is 0 Å². The van der Waals surface area contributed by atoms with Crippen molar-refractivity contribution in [2.75, 3.05) is 7.05 Å². The topological polar surface area (TPSA) is 79.5 Å². The Hall–Kier alpha value is -1.36. The number of nitrogens with zero attached hydrogens (tertiary/aromatic N) is 1. The fraction of sp³-hybridized carbons (Fsp3) is 0.714. The van der Waals surface area contributed by atoms with Gasteiger partial charge in [-0.1, -0.05) is 26.3 Å². The zero-order chi connectivity index (χ0) is 14.3. The van der Waals surface area contributed by atoms with Gasteiger partial charge in [-0.05, 0) is 18.8 Å². The number of carbonyl (C=O) groups is 1. The third kappa shape index (κ3) is 5.42. The maximum absolute atomic E-state index is 12.0. The minimum Gasteiger partial charge on any atom is -0.352 e. The number of nitrogens with one attached hydrogen (secondary N) is 2. The quantitative estimate of drug-likeness (QED) is 0.498. The summed E-state index contributed by atoms with van der Waals surface area (Å²) in [7, 11) is 1.66. The van der Waals surface area contributed by atoms with Gasteiger partial charge in [0.05, 0.1) is 12.4 Å². The summed E-state index contributed by atoms with van der Waals surface area (Å²) in [5, 5.41) is 5.95. The number of hydrogen-bond donors (Lipinski definition) is 3. The minimum atomic E-state index is -0.556. The predicted octanol–water partition coefficient (Wildman–Crippen LogP) is 1.16. The molecule has 3 atom stereocenters. The third-order valence-electron chi connectivity index (χ3n) is 3.64. The lowest BCUT2D eigenvalue weighted by atomic mass is 9.86. The molecule has 4 N–H and O–H groups in total. The van der Waals surface area contributed by atoms with Crippen LogP contribution in [0.25, 0.3) is 0 Å². The molecule has 3 unspecified atom stereocenters. The summed E-state index contributed by atoms with van der Waals surface area (Å²) in [6.45, 7) is 6.00. The lowest BCUT2D eigenvalue weighted by Gasteiger charge is -2.30. The first-order chi connectivity index (χ1) is 9.04. The van der Waals surface area contributed by atoms with Gasteiger partial charge in [-0.2, -0.15) is 0 Å². The Morgan fingerprint density at radius 3 is 2.84 bits per heavy atom. The van der Waals surface area contributed by atoms with E-state index in [1.807, 2.05) is 0 Å². The molecule has 1 aliphatic carbocycles. The number of rotatable bonds is 6. The molecule has 0 heterocycles. The van der Waals surface area contributed by atoms with Crippen LogP contribution in [0.2, 0.25) is 0 Å². The SMILES string of the molecule is C=C(CC(N)C(=O)NC1CCCCC1C)NC=NC. The zero-order valence-corrected chi connectivity index (χ0v) is 12.0. The van der Waals surface area contributed by atoms with Gasteiger partial charge in [-0.25, -0.2) is 0 Å². The predicted molar refractivity (Wildman–Crippen MR) is 78.8 cm³/mol. The van der Waals surface area contributed by atoms with Gasteiger partial charge in [0.15, 0.2) is 0 Å². The molecular weight excluding hydrogens is 240 g/mol. The molecule has 0 bridgehead atoms. The Morgan fingerprint density at radius 2 is 2.21 bits per heavy atom. The molecule has 5 heteroatoms. The molecule has 108 valence electrons. The van der Waals surface area contributed by atoms with Crippen molar-refractivity contribution in [3.63, 3.8) is 0 Å². The molecule has 0 aromatic rings. The average Bonchev–Trinajstić information content (AvgIpc) is 2.38. The number of hydrogen-bond acceptors (Lipinski definition) is 3. The Kier molecular flexibility index (Phi) is 6.56. The Bertz CT molecular complexity index is 340. The first kappa shape index (κ1) is 15.7.